The van der Waals surface area contributed by atoms with E-state index in [-0.39, 0.29) is 12.4 Å². The molecule has 0 saturated heterocycles. The summed E-state index contributed by atoms with van der Waals surface area (Å²) in [6.45, 7) is 0.148. The first-order chi connectivity index (χ1) is 7.44. The van der Waals surface area contributed by atoms with Gasteiger partial charge in [0.25, 0.3) is 0 Å². The minimum Gasteiger partial charge on any atom is -0.399 e. The Morgan fingerprint density at radius 1 is 1.50 bits per heavy atom. The van der Waals surface area contributed by atoms with E-state index in [0.29, 0.717) is 15.8 Å². The monoisotopic (exact) mass is 308 g/mol. The lowest BCUT2D eigenvalue weighted by Gasteiger charge is -2.09. The lowest BCUT2D eigenvalue weighted by molar-refractivity contribution is 0.217. The van der Waals surface area contributed by atoms with Crippen molar-refractivity contribution in [3.05, 3.63) is 22.7 Å². The molecule has 0 atom stereocenters. The summed E-state index contributed by atoms with van der Waals surface area (Å²) in [5, 5.41) is 0. The van der Waals surface area contributed by atoms with E-state index in [1.807, 2.05) is 0 Å². The fourth-order valence-corrected chi connectivity index (χ4v) is 2.50. The van der Waals surface area contributed by atoms with E-state index < -0.39 is 10.0 Å². The molecule has 0 aliphatic rings. The van der Waals surface area contributed by atoms with Crippen molar-refractivity contribution in [1.82, 2.24) is 0 Å². The number of nitrogens with one attached hydrogen (secondary N) is 1. The van der Waals surface area contributed by atoms with Crippen molar-refractivity contribution in [3.8, 4) is 0 Å². The first-order valence-electron chi connectivity index (χ1n) is 4.49. The zero-order valence-corrected chi connectivity index (χ0v) is 11.1. The van der Waals surface area contributed by atoms with Gasteiger partial charge in [-0.25, -0.2) is 8.42 Å². The van der Waals surface area contributed by atoms with Gasteiger partial charge in [-0.1, -0.05) is 0 Å². The number of halogens is 1. The van der Waals surface area contributed by atoms with Crippen LogP contribution in [0.4, 0.5) is 11.4 Å². The van der Waals surface area contributed by atoms with Crippen molar-refractivity contribution in [3.63, 3.8) is 0 Å². The Labute approximate surface area is 103 Å². The van der Waals surface area contributed by atoms with Crippen molar-refractivity contribution in [2.45, 2.75) is 0 Å². The number of nitrogen functional groups attached to an aromatic ring is 1. The van der Waals surface area contributed by atoms with Crippen molar-refractivity contribution < 1.29 is 13.2 Å². The number of rotatable bonds is 5. The van der Waals surface area contributed by atoms with Crippen LogP contribution in [0.15, 0.2) is 22.7 Å². The molecule has 5 nitrogen and oxygen atoms in total. The van der Waals surface area contributed by atoms with Crippen LogP contribution in [0, 0.1) is 0 Å². The Morgan fingerprint density at radius 3 is 2.81 bits per heavy atom. The zero-order chi connectivity index (χ0) is 12.2. The van der Waals surface area contributed by atoms with Crippen molar-refractivity contribution >= 4 is 37.3 Å². The zero-order valence-electron chi connectivity index (χ0n) is 8.73. The lowest BCUT2D eigenvalue weighted by atomic mass is 10.3. The van der Waals surface area contributed by atoms with Gasteiger partial charge < -0.3 is 10.5 Å². The minimum atomic E-state index is -3.40. The van der Waals surface area contributed by atoms with Gasteiger partial charge in [-0.05, 0) is 34.1 Å². The van der Waals surface area contributed by atoms with E-state index in [1.165, 1.54) is 7.11 Å². The molecule has 0 amide bonds. The standard InChI is InChI=1S/C9H13BrN2O3S/c1-15-4-5-16(13,14)12-9-6-7(11)2-3-8(9)10/h2-3,6,12H,4-5,11H2,1H3. The summed E-state index contributed by atoms with van der Waals surface area (Å²) < 4.78 is 30.9. The normalized spacial score (nSPS) is 11.4. The Balaban J connectivity index is 2.83. The first kappa shape index (κ1) is 13.3. The molecule has 16 heavy (non-hydrogen) atoms. The second-order valence-electron chi connectivity index (χ2n) is 3.15. The van der Waals surface area contributed by atoms with Crippen LogP contribution in [-0.2, 0) is 14.8 Å². The summed E-state index contributed by atoms with van der Waals surface area (Å²) in [5.41, 5.74) is 6.49. The molecule has 0 bridgehead atoms. The molecule has 1 rings (SSSR count). The third-order valence-corrected chi connectivity index (χ3v) is 3.74. The maximum Gasteiger partial charge on any atom is 0.235 e. The van der Waals surface area contributed by atoms with Crippen LogP contribution in [0.3, 0.4) is 0 Å². The van der Waals surface area contributed by atoms with Gasteiger partial charge in [-0.2, -0.15) is 0 Å². The molecule has 0 fully saturated rings. The number of sulfonamides is 1. The molecule has 3 N–H and O–H groups in total. The third kappa shape index (κ3) is 3.99. The van der Waals surface area contributed by atoms with Gasteiger partial charge in [0, 0.05) is 17.3 Å². The first-order valence-corrected chi connectivity index (χ1v) is 6.93. The van der Waals surface area contributed by atoms with Crippen LogP contribution in [0.2, 0.25) is 0 Å². The Kier molecular flexibility index (Phi) is 4.57. The fraction of sp³-hybridized carbons (Fsp3) is 0.333. The average Bonchev–Trinajstić information content (AvgIpc) is 2.20. The van der Waals surface area contributed by atoms with Crippen LogP contribution in [0.5, 0.6) is 0 Å². The molecule has 90 valence electrons. The third-order valence-electron chi connectivity index (χ3n) is 1.81. The van der Waals surface area contributed by atoms with E-state index in [2.05, 4.69) is 20.7 Å². The van der Waals surface area contributed by atoms with Gasteiger partial charge in [-0.3, -0.25) is 4.72 Å². The van der Waals surface area contributed by atoms with E-state index in [0.717, 1.165) is 0 Å². The molecule has 7 heteroatoms. The molecule has 0 saturated carbocycles. The van der Waals surface area contributed by atoms with Crippen LogP contribution in [0.1, 0.15) is 0 Å². The molecule has 0 radical (unpaired) electrons. The van der Waals surface area contributed by atoms with Crippen LogP contribution in [0.25, 0.3) is 0 Å². The number of anilines is 2. The molecular weight excluding hydrogens is 296 g/mol. The highest BCUT2D eigenvalue weighted by atomic mass is 79.9. The molecule has 0 aliphatic heterocycles. The minimum absolute atomic E-state index is 0.0925. The van der Waals surface area contributed by atoms with Crippen molar-refractivity contribution in [2.24, 2.45) is 0 Å². The van der Waals surface area contributed by atoms with Gasteiger partial charge in [-0.15, -0.1) is 0 Å². The molecule has 1 aromatic carbocycles. The largest absolute Gasteiger partial charge is 0.399 e. The topological polar surface area (TPSA) is 81.4 Å². The van der Waals surface area contributed by atoms with Crippen LogP contribution < -0.4 is 10.5 Å². The number of methoxy groups -OCH3 is 1. The molecule has 1 aromatic rings. The summed E-state index contributed by atoms with van der Waals surface area (Å²) in [7, 11) is -1.95. The summed E-state index contributed by atoms with van der Waals surface area (Å²) >= 11 is 3.24. The van der Waals surface area contributed by atoms with Gasteiger partial charge in [0.2, 0.25) is 10.0 Å². The van der Waals surface area contributed by atoms with Gasteiger partial charge >= 0.3 is 0 Å². The Morgan fingerprint density at radius 2 is 2.19 bits per heavy atom. The van der Waals surface area contributed by atoms with Gasteiger partial charge in [0.1, 0.15) is 0 Å². The lowest BCUT2D eigenvalue weighted by Crippen LogP contribution is -2.20. The smallest absolute Gasteiger partial charge is 0.235 e. The van der Waals surface area contributed by atoms with Crippen LogP contribution in [-0.4, -0.2) is 27.9 Å². The summed E-state index contributed by atoms with van der Waals surface area (Å²) in [5.74, 6) is -0.0925. The molecule has 0 spiro atoms. The molecular formula is C9H13BrN2O3S. The molecule has 0 unspecified atom stereocenters. The highest BCUT2D eigenvalue weighted by Gasteiger charge is 2.12. The van der Waals surface area contributed by atoms with Gasteiger partial charge in [0.15, 0.2) is 0 Å². The van der Waals surface area contributed by atoms with Crippen molar-refractivity contribution in [1.29, 1.82) is 0 Å². The maximum absolute atomic E-state index is 11.6. The summed E-state index contributed by atoms with van der Waals surface area (Å²) in [4.78, 5) is 0. The molecule has 0 aliphatic carbocycles. The highest BCUT2D eigenvalue weighted by molar-refractivity contribution is 9.10. The number of hydrogen-bond donors (Lipinski definition) is 2. The summed E-state index contributed by atoms with van der Waals surface area (Å²) in [6.07, 6.45) is 0. The molecule has 0 aromatic heterocycles. The van der Waals surface area contributed by atoms with Crippen LogP contribution >= 0.6 is 15.9 Å². The second-order valence-corrected chi connectivity index (χ2v) is 5.85. The van der Waals surface area contributed by atoms with E-state index in [9.17, 15) is 8.42 Å². The number of nitrogens with two attached hydrogens (primary N) is 1. The summed E-state index contributed by atoms with van der Waals surface area (Å²) in [6, 6.07) is 4.91. The van der Waals surface area contributed by atoms with E-state index >= 15 is 0 Å². The van der Waals surface area contributed by atoms with E-state index in [1.54, 1.807) is 18.2 Å². The average molecular weight is 309 g/mol. The second kappa shape index (κ2) is 5.51. The number of hydrogen-bond acceptors (Lipinski definition) is 4. The Bertz CT molecular complexity index is 462. The predicted molar refractivity (Wildman–Crippen MR) is 67.8 cm³/mol. The maximum atomic E-state index is 11.6. The Hall–Kier alpha value is -0.790. The molecule has 0 heterocycles. The van der Waals surface area contributed by atoms with Gasteiger partial charge in [0.05, 0.1) is 18.0 Å². The van der Waals surface area contributed by atoms with E-state index in [4.69, 9.17) is 10.5 Å². The fourth-order valence-electron chi connectivity index (χ4n) is 1.03. The highest BCUT2D eigenvalue weighted by Crippen LogP contribution is 2.25. The predicted octanol–water partition coefficient (Wildman–Crippen LogP) is 1.42. The number of ether oxygens (including phenoxy) is 1. The quantitative estimate of drug-likeness (QED) is 0.806. The van der Waals surface area contributed by atoms with Crippen molar-refractivity contribution in [2.75, 3.05) is 29.9 Å². The SMILES string of the molecule is COCCS(=O)(=O)Nc1cc(N)ccc1Br. The number of benzene rings is 1.